The van der Waals surface area contributed by atoms with Gasteiger partial charge in [0.25, 0.3) is 0 Å². The number of halogens is 1. The number of alkyl carbamates (subject to hydrolysis) is 1. The Balaban J connectivity index is 1.21. The fourth-order valence-electron chi connectivity index (χ4n) is 11.0. The van der Waals surface area contributed by atoms with Crippen LogP contribution in [0.4, 0.5) is 10.5 Å². The van der Waals surface area contributed by atoms with Crippen molar-refractivity contribution < 1.29 is 107 Å². The highest BCUT2D eigenvalue weighted by Crippen LogP contribution is 2.49. The molecule has 558 valence electrons. The van der Waals surface area contributed by atoms with Crippen molar-refractivity contribution in [3.63, 3.8) is 0 Å². The van der Waals surface area contributed by atoms with Crippen LogP contribution in [0.1, 0.15) is 116 Å². The lowest BCUT2D eigenvalue weighted by Crippen LogP contribution is -2.63. The molecule has 0 spiro atoms. The van der Waals surface area contributed by atoms with Gasteiger partial charge in [-0.15, -0.1) is 5.10 Å². The number of anilines is 1. The average Bonchev–Trinajstić information content (AvgIpc) is 1.58. The second-order valence-corrected chi connectivity index (χ2v) is 27.7. The van der Waals surface area contributed by atoms with Gasteiger partial charge in [-0.2, -0.15) is 0 Å². The third-order valence-electron chi connectivity index (χ3n) is 16.9. The number of aromatic nitrogens is 3. The van der Waals surface area contributed by atoms with Gasteiger partial charge in [0.2, 0.25) is 35.4 Å². The first-order valence-corrected chi connectivity index (χ1v) is 35.1. The lowest BCUT2D eigenvalue weighted by molar-refractivity contribution is -0.162. The van der Waals surface area contributed by atoms with E-state index in [4.69, 9.17) is 51.9 Å². The number of amides is 7. The molecule has 3 aliphatic rings. The second kappa shape index (κ2) is 38.9. The first-order chi connectivity index (χ1) is 47.6. The van der Waals surface area contributed by atoms with Crippen molar-refractivity contribution in [2.24, 2.45) is 22.4 Å². The Labute approximate surface area is 594 Å². The molecule has 38 heteroatoms. The molecule has 0 saturated carbocycles. The zero-order chi connectivity index (χ0) is 75.1. The number of aliphatic hydroxyl groups is 1. The Kier molecular flexibility index (Phi) is 31.9. The van der Waals surface area contributed by atoms with Gasteiger partial charge in [0.15, 0.2) is 11.7 Å². The molecule has 4 heterocycles. The van der Waals surface area contributed by atoms with Crippen molar-refractivity contribution in [3.8, 4) is 5.75 Å². The molecule has 5 rings (SSSR count). The number of benzene rings is 1. The summed E-state index contributed by atoms with van der Waals surface area (Å²) < 4.78 is 30.9. The molecular weight excluding hydrogens is 1390 g/mol. The largest absolute Gasteiger partial charge is 0.495 e. The number of nitrogens with one attached hydrogen (secondary N) is 5. The van der Waals surface area contributed by atoms with Crippen molar-refractivity contribution >= 4 is 116 Å². The fourth-order valence-corrected chi connectivity index (χ4v) is 13.5. The van der Waals surface area contributed by atoms with Crippen LogP contribution < -0.4 is 47.7 Å². The number of hydrogen-bond acceptors (Lipinski definition) is 23. The smallest absolute Gasteiger partial charge is 0.409 e. The van der Waals surface area contributed by atoms with Gasteiger partial charge in [-0.05, 0) is 83.4 Å². The highest BCUT2D eigenvalue weighted by atomic mass is 35.5. The minimum atomic E-state index is -1.96. The standard InChI is InChI=1S/C63H90ClN13O22S2/c1-33-14-11-17-45(96-8)63(94)30-44(97-61(93)72-63)34(2)54-62(4,99-54)46(29-49(80)76(6)42-25-36(24-33)26-43(95-7)53(42)64)98-59(92)35(3)75(5)48(79)20-23-100-101-32-41(58(90)91)71-57(89)40(28-52(85)86)70-55(87)38(16-13-21-67-60(65)66)69-56(88)39(27-51(83)84)68-47(78)18-9-10-22-77-31-37(73-74-77)15-12-19-50(81)82/h11,14,17,25-26,31,34-35,38-41,44-46,54,94H,9-10,12-13,15-16,18-24,27-30,32H2,1-8H3,(H,68,78)(H,69,88)(H,70,87)(H,71,89)(H,72,93)(H,81,82)(H,83,84)(H,85,86)(H,90,91)(H4,65,66,67)/b17-11+,33-14+/t34-,35+,38+,39+,40+,41+,44+,45-,46+,54+,62-,63+/m1/s1. The molecule has 12 atom stereocenters. The summed E-state index contributed by atoms with van der Waals surface area (Å²) in [4.78, 5) is 163. The van der Waals surface area contributed by atoms with E-state index in [9.17, 15) is 78.0 Å². The molecule has 7 amide bonds. The van der Waals surface area contributed by atoms with Crippen molar-refractivity contribution in [2.45, 2.75) is 190 Å². The number of esters is 1. The van der Waals surface area contributed by atoms with Crippen LogP contribution in [0.25, 0.3) is 0 Å². The molecule has 2 saturated heterocycles. The topological polar surface area (TPSA) is 517 Å². The number of nitrogens with zero attached hydrogens (tertiary/aromatic N) is 6. The molecule has 35 nitrogen and oxygen atoms in total. The minimum absolute atomic E-state index is 0.0183. The van der Waals surface area contributed by atoms with Crippen LogP contribution in [0.2, 0.25) is 5.02 Å². The number of nitrogens with two attached hydrogens (primary N) is 2. The van der Waals surface area contributed by atoms with Crippen molar-refractivity contribution in [3.05, 3.63) is 58.4 Å². The number of hydrogen-bond donors (Lipinski definition) is 12. The van der Waals surface area contributed by atoms with Crippen LogP contribution in [0.15, 0.2) is 47.1 Å². The zero-order valence-corrected chi connectivity index (χ0v) is 59.6. The zero-order valence-electron chi connectivity index (χ0n) is 57.2. The maximum atomic E-state index is 14.5. The van der Waals surface area contributed by atoms with Crippen LogP contribution in [0.3, 0.4) is 0 Å². The number of likely N-dealkylation sites (N-methyl/N-ethyl adjacent to an activating group) is 1. The van der Waals surface area contributed by atoms with Crippen molar-refractivity contribution in [1.29, 1.82) is 0 Å². The summed E-state index contributed by atoms with van der Waals surface area (Å²) in [6.07, 6.45) is -0.112. The number of carbonyl (C=O) groups excluding carboxylic acids is 8. The maximum absolute atomic E-state index is 14.5. The Morgan fingerprint density at radius 1 is 0.891 bits per heavy atom. The fraction of sp³-hybridized carbons (Fsp3) is 0.603. The van der Waals surface area contributed by atoms with E-state index in [0.29, 0.717) is 43.5 Å². The molecule has 2 fully saturated rings. The third kappa shape index (κ3) is 25.4. The number of unbranched alkanes of at least 4 members (excludes halogenated alkanes) is 1. The molecular formula is C63H90ClN13O22S2. The van der Waals surface area contributed by atoms with E-state index in [1.165, 1.54) is 44.8 Å². The van der Waals surface area contributed by atoms with Gasteiger partial charge in [0.1, 0.15) is 64.9 Å². The highest BCUT2D eigenvalue weighted by molar-refractivity contribution is 8.76. The van der Waals surface area contributed by atoms with E-state index in [0.717, 1.165) is 32.1 Å². The molecule has 0 unspecified atom stereocenters. The van der Waals surface area contributed by atoms with E-state index in [1.807, 2.05) is 6.92 Å². The van der Waals surface area contributed by atoms with Gasteiger partial charge >= 0.3 is 35.9 Å². The number of ether oxygens (including phenoxy) is 5. The maximum Gasteiger partial charge on any atom is 0.409 e. The second-order valence-electron chi connectivity index (χ2n) is 24.7. The van der Waals surface area contributed by atoms with Crippen LogP contribution in [-0.4, -0.2) is 235 Å². The number of aliphatic imine (C=N–C) groups is 1. The number of aliphatic carboxylic acids is 4. The highest BCUT2D eigenvalue weighted by Gasteiger charge is 2.64. The quantitative estimate of drug-likeness (QED) is 0.0114. The van der Waals surface area contributed by atoms with Crippen LogP contribution in [0.5, 0.6) is 5.75 Å². The summed E-state index contributed by atoms with van der Waals surface area (Å²) in [6, 6.07) is -4.91. The summed E-state index contributed by atoms with van der Waals surface area (Å²) >= 11 is 6.82. The number of carboxylic acids is 4. The Bertz CT molecular complexity index is 3430. The number of epoxide rings is 1. The first kappa shape index (κ1) is 82.9. The van der Waals surface area contributed by atoms with E-state index in [-0.39, 0.29) is 85.4 Å². The third-order valence-corrected chi connectivity index (χ3v) is 19.7. The molecule has 101 heavy (non-hydrogen) atoms. The van der Waals surface area contributed by atoms with Gasteiger partial charge in [-0.25, -0.2) is 14.4 Å². The molecule has 4 bridgehead atoms. The molecule has 0 aliphatic carbocycles. The molecule has 14 N–H and O–H groups in total. The van der Waals surface area contributed by atoms with E-state index in [2.05, 4.69) is 41.9 Å². The average molecular weight is 1480 g/mol. The number of fused-ring (bicyclic) bond motifs is 5. The van der Waals surface area contributed by atoms with Gasteiger partial charge in [0.05, 0.1) is 43.9 Å². The first-order valence-electron chi connectivity index (χ1n) is 32.2. The molecule has 0 radical (unpaired) electrons. The van der Waals surface area contributed by atoms with Crippen LogP contribution >= 0.6 is 33.2 Å². The number of aryl methyl sites for hydroxylation is 2. The Hall–Kier alpha value is -8.78. The summed E-state index contributed by atoms with van der Waals surface area (Å²) in [5.41, 5.74) is 9.92. The Morgan fingerprint density at radius 3 is 2.18 bits per heavy atom. The number of allylic oxidation sites excluding steroid dienone is 3. The summed E-state index contributed by atoms with van der Waals surface area (Å²) in [7, 11) is 7.53. The van der Waals surface area contributed by atoms with Gasteiger partial charge in [-0.1, -0.05) is 69.1 Å². The van der Waals surface area contributed by atoms with E-state index in [1.54, 1.807) is 50.4 Å². The normalized spacial score (nSPS) is 22.8. The van der Waals surface area contributed by atoms with Gasteiger partial charge < -0.3 is 91.8 Å². The summed E-state index contributed by atoms with van der Waals surface area (Å²) in [5, 5.41) is 70.1. The molecule has 1 aromatic carbocycles. The summed E-state index contributed by atoms with van der Waals surface area (Å²) in [6.45, 7) is 6.81. The SMILES string of the molecule is COc1cc2cc(c1Cl)N(C)C(=O)C[C@H](OC(=O)[C@H](C)N(C)C(=O)CCSSC[C@H](NC(=O)[C@H](CC(=O)O)NC(=O)[C@H](CCCN=C(N)N)NC(=O)[C@H](CC(=O)O)NC(=O)CCCCn1cc(CCCC(=O)O)nn1)C(=O)O)[C@@]1(C)O[C@H]1[C@H](C)[C@@H]1C[C@@](O)(NC(=O)O1)[C@H](OC)/C=C/C=C(\C)C2. The molecule has 3 aliphatic heterocycles. The lowest BCUT2D eigenvalue weighted by atomic mass is 9.83. The predicted molar refractivity (Wildman–Crippen MR) is 365 cm³/mol. The van der Waals surface area contributed by atoms with Crippen molar-refractivity contribution in [2.75, 3.05) is 51.3 Å². The number of carboxylic acid groups (broad SMARTS) is 4. The van der Waals surface area contributed by atoms with E-state index < -0.39 is 163 Å². The van der Waals surface area contributed by atoms with Crippen molar-refractivity contribution in [1.82, 2.24) is 46.5 Å². The van der Waals surface area contributed by atoms with Crippen LogP contribution in [-0.2, 0) is 91.1 Å². The monoisotopic (exact) mass is 1480 g/mol. The number of methoxy groups -OCH3 is 2. The summed E-state index contributed by atoms with van der Waals surface area (Å²) in [5.74, 6) is -13.1. The van der Waals surface area contributed by atoms with E-state index >= 15 is 0 Å². The van der Waals surface area contributed by atoms with Gasteiger partial charge in [-0.3, -0.25) is 58.1 Å². The number of guanidine groups is 1. The lowest BCUT2D eigenvalue weighted by Gasteiger charge is -2.42. The number of rotatable bonds is 36. The molecule has 2 aromatic rings. The molecule has 1 aromatic heterocycles. The van der Waals surface area contributed by atoms with Crippen LogP contribution in [0, 0.1) is 5.92 Å². The minimum Gasteiger partial charge on any atom is -0.495 e. The predicted octanol–water partition coefficient (Wildman–Crippen LogP) is 1.18. The number of carbonyl (C=O) groups is 12. The Morgan fingerprint density at radius 2 is 1.54 bits per heavy atom. The van der Waals surface area contributed by atoms with Gasteiger partial charge in [0, 0.05) is 83.6 Å².